The summed E-state index contributed by atoms with van der Waals surface area (Å²) in [6.07, 6.45) is 2.21. The number of halogens is 2. The fourth-order valence-corrected chi connectivity index (χ4v) is 2.68. The number of benzene rings is 1. The summed E-state index contributed by atoms with van der Waals surface area (Å²) in [6.45, 7) is 2.57. The van der Waals surface area contributed by atoms with Gasteiger partial charge in [-0.05, 0) is 31.5 Å². The number of rotatable bonds is 3. The molecule has 5 nitrogen and oxygen atoms in total. The Morgan fingerprint density at radius 1 is 1.43 bits per heavy atom. The Morgan fingerprint density at radius 3 is 3.05 bits per heavy atom. The Labute approximate surface area is 134 Å². The van der Waals surface area contributed by atoms with Gasteiger partial charge >= 0.3 is 0 Å². The Bertz CT molecular complexity index is 590. The van der Waals surface area contributed by atoms with Crippen LogP contribution in [-0.2, 0) is 6.54 Å². The average Bonchev–Trinajstić information content (AvgIpc) is 2.87. The summed E-state index contributed by atoms with van der Waals surface area (Å²) < 4.78 is 5.31. The van der Waals surface area contributed by atoms with Crippen LogP contribution in [0.3, 0.4) is 0 Å². The second-order valence-corrected chi connectivity index (χ2v) is 5.60. The fraction of sp³-hybridized carbons (Fsp3) is 0.429. The molecule has 1 fully saturated rings. The molecule has 0 saturated carbocycles. The van der Waals surface area contributed by atoms with Gasteiger partial charge in [0.05, 0.1) is 6.54 Å². The summed E-state index contributed by atoms with van der Waals surface area (Å²) in [4.78, 5) is 6.68. The number of hydrogen-bond acceptors (Lipinski definition) is 5. The SMILES string of the molecule is Cl.N[C@@H]1CCCN(Cc2nc(-c3cccc(Cl)c3)no2)C1. The first-order chi connectivity index (χ1) is 9.70. The van der Waals surface area contributed by atoms with Crippen molar-refractivity contribution in [3.63, 3.8) is 0 Å². The quantitative estimate of drug-likeness (QED) is 0.938. The van der Waals surface area contributed by atoms with Crippen molar-refractivity contribution in [3.05, 3.63) is 35.2 Å². The highest BCUT2D eigenvalue weighted by Gasteiger charge is 2.19. The Morgan fingerprint density at radius 2 is 2.29 bits per heavy atom. The van der Waals surface area contributed by atoms with Crippen LogP contribution in [0.25, 0.3) is 11.4 Å². The molecule has 1 aromatic heterocycles. The third-order valence-electron chi connectivity index (χ3n) is 3.45. The maximum Gasteiger partial charge on any atom is 0.241 e. The topological polar surface area (TPSA) is 68.2 Å². The van der Waals surface area contributed by atoms with Crippen LogP contribution in [0.5, 0.6) is 0 Å². The van der Waals surface area contributed by atoms with Gasteiger partial charge in [0.25, 0.3) is 0 Å². The molecule has 7 heteroatoms. The molecule has 0 radical (unpaired) electrons. The van der Waals surface area contributed by atoms with Crippen LogP contribution < -0.4 is 5.73 Å². The molecule has 1 saturated heterocycles. The van der Waals surface area contributed by atoms with Gasteiger partial charge in [-0.1, -0.05) is 28.9 Å². The number of nitrogens with zero attached hydrogens (tertiary/aromatic N) is 3. The molecular weight excluding hydrogens is 311 g/mol. The van der Waals surface area contributed by atoms with Crippen molar-refractivity contribution in [1.29, 1.82) is 0 Å². The first kappa shape index (κ1) is 16.2. The molecule has 1 atom stereocenters. The molecule has 0 amide bonds. The molecule has 2 heterocycles. The van der Waals surface area contributed by atoms with Gasteiger partial charge in [0.15, 0.2) is 0 Å². The van der Waals surface area contributed by atoms with E-state index in [0.717, 1.165) is 31.5 Å². The van der Waals surface area contributed by atoms with E-state index in [2.05, 4.69) is 15.0 Å². The van der Waals surface area contributed by atoms with Crippen LogP contribution in [0.4, 0.5) is 0 Å². The van der Waals surface area contributed by atoms with Crippen molar-refractivity contribution in [3.8, 4) is 11.4 Å². The van der Waals surface area contributed by atoms with Gasteiger partial charge in [0, 0.05) is 23.2 Å². The summed E-state index contributed by atoms with van der Waals surface area (Å²) >= 11 is 5.96. The van der Waals surface area contributed by atoms with Crippen LogP contribution in [-0.4, -0.2) is 34.2 Å². The van der Waals surface area contributed by atoms with Crippen molar-refractivity contribution < 1.29 is 4.52 Å². The summed E-state index contributed by atoms with van der Waals surface area (Å²) in [5, 5.41) is 4.67. The van der Waals surface area contributed by atoms with E-state index in [1.54, 1.807) is 0 Å². The van der Waals surface area contributed by atoms with Crippen LogP contribution in [0.1, 0.15) is 18.7 Å². The van der Waals surface area contributed by atoms with E-state index in [1.807, 2.05) is 24.3 Å². The van der Waals surface area contributed by atoms with Gasteiger partial charge in [0.1, 0.15) is 0 Å². The zero-order valence-corrected chi connectivity index (χ0v) is 13.1. The van der Waals surface area contributed by atoms with Gasteiger partial charge in [-0.2, -0.15) is 4.98 Å². The number of likely N-dealkylation sites (tertiary alicyclic amines) is 1. The smallest absolute Gasteiger partial charge is 0.241 e. The molecule has 0 bridgehead atoms. The van der Waals surface area contributed by atoms with Gasteiger partial charge < -0.3 is 10.3 Å². The van der Waals surface area contributed by atoms with E-state index in [4.69, 9.17) is 21.9 Å². The van der Waals surface area contributed by atoms with Crippen molar-refractivity contribution in [2.24, 2.45) is 5.73 Å². The minimum Gasteiger partial charge on any atom is -0.338 e. The molecule has 3 rings (SSSR count). The molecule has 0 spiro atoms. The molecule has 2 aromatic rings. The summed E-state index contributed by atoms with van der Waals surface area (Å²) in [6, 6.07) is 7.68. The lowest BCUT2D eigenvalue weighted by molar-refractivity contribution is 0.178. The predicted molar refractivity (Wildman–Crippen MR) is 84.5 cm³/mol. The standard InChI is InChI=1S/C14H17ClN4O.ClH/c15-11-4-1-3-10(7-11)14-17-13(20-18-14)9-19-6-2-5-12(16)8-19;/h1,3-4,7,12H,2,5-6,8-9,16H2;1H/t12-;/m1./s1. The van der Waals surface area contributed by atoms with Crippen molar-refractivity contribution in [2.75, 3.05) is 13.1 Å². The van der Waals surface area contributed by atoms with E-state index < -0.39 is 0 Å². The predicted octanol–water partition coefficient (Wildman–Crippen LogP) is 2.73. The lowest BCUT2D eigenvalue weighted by Gasteiger charge is -2.29. The number of aromatic nitrogens is 2. The third kappa shape index (κ3) is 4.17. The maximum atomic E-state index is 5.97. The second-order valence-electron chi connectivity index (χ2n) is 5.16. The van der Waals surface area contributed by atoms with Crippen LogP contribution in [0.15, 0.2) is 28.8 Å². The van der Waals surface area contributed by atoms with Gasteiger partial charge in [-0.3, -0.25) is 4.90 Å². The highest BCUT2D eigenvalue weighted by atomic mass is 35.5. The minimum atomic E-state index is 0. The van der Waals surface area contributed by atoms with Crippen molar-refractivity contribution >= 4 is 24.0 Å². The molecule has 1 aromatic carbocycles. The largest absolute Gasteiger partial charge is 0.338 e. The molecule has 1 aliphatic rings. The number of hydrogen-bond donors (Lipinski definition) is 1. The molecule has 21 heavy (non-hydrogen) atoms. The fourth-order valence-electron chi connectivity index (χ4n) is 2.49. The lowest BCUT2D eigenvalue weighted by Crippen LogP contribution is -2.42. The number of nitrogens with two attached hydrogens (primary N) is 1. The average molecular weight is 329 g/mol. The zero-order valence-electron chi connectivity index (χ0n) is 11.5. The van der Waals surface area contributed by atoms with Crippen LogP contribution >= 0.6 is 24.0 Å². The first-order valence-electron chi connectivity index (χ1n) is 6.77. The molecule has 1 aliphatic heterocycles. The summed E-state index contributed by atoms with van der Waals surface area (Å²) in [5.74, 6) is 1.19. The van der Waals surface area contributed by atoms with Crippen molar-refractivity contribution in [2.45, 2.75) is 25.4 Å². The normalized spacial score (nSPS) is 19.2. The summed E-state index contributed by atoms with van der Waals surface area (Å²) in [5.41, 5.74) is 6.83. The molecule has 0 unspecified atom stereocenters. The van der Waals surface area contributed by atoms with Gasteiger partial charge in [-0.15, -0.1) is 12.4 Å². The Hall–Kier alpha value is -1.14. The highest BCUT2D eigenvalue weighted by Crippen LogP contribution is 2.20. The molecule has 2 N–H and O–H groups in total. The Balaban J connectivity index is 0.00000161. The molecule has 114 valence electrons. The second kappa shape index (κ2) is 7.22. The van der Waals surface area contributed by atoms with Crippen LogP contribution in [0, 0.1) is 0 Å². The van der Waals surface area contributed by atoms with E-state index >= 15 is 0 Å². The lowest BCUT2D eigenvalue weighted by atomic mass is 10.1. The highest BCUT2D eigenvalue weighted by molar-refractivity contribution is 6.30. The molecular formula is C14H18Cl2N4O. The van der Waals surface area contributed by atoms with E-state index in [0.29, 0.717) is 23.3 Å². The van der Waals surface area contributed by atoms with Crippen LogP contribution in [0.2, 0.25) is 5.02 Å². The summed E-state index contributed by atoms with van der Waals surface area (Å²) in [7, 11) is 0. The van der Waals surface area contributed by atoms with Gasteiger partial charge in [0.2, 0.25) is 11.7 Å². The molecule has 0 aliphatic carbocycles. The van der Waals surface area contributed by atoms with E-state index in [-0.39, 0.29) is 18.4 Å². The zero-order chi connectivity index (χ0) is 13.9. The van der Waals surface area contributed by atoms with Gasteiger partial charge in [-0.25, -0.2) is 0 Å². The monoisotopic (exact) mass is 328 g/mol. The third-order valence-corrected chi connectivity index (χ3v) is 3.69. The van der Waals surface area contributed by atoms with E-state index in [1.165, 1.54) is 0 Å². The number of piperidine rings is 1. The Kier molecular flexibility index (Phi) is 5.58. The van der Waals surface area contributed by atoms with E-state index in [9.17, 15) is 0 Å². The maximum absolute atomic E-state index is 5.97. The minimum absolute atomic E-state index is 0. The van der Waals surface area contributed by atoms with Crippen molar-refractivity contribution in [1.82, 2.24) is 15.0 Å². The first-order valence-corrected chi connectivity index (χ1v) is 7.15.